The van der Waals surface area contributed by atoms with Crippen molar-refractivity contribution in [3.05, 3.63) is 11.2 Å². The van der Waals surface area contributed by atoms with Gasteiger partial charge in [0, 0.05) is 32.0 Å². The van der Waals surface area contributed by atoms with E-state index in [9.17, 15) is 9.59 Å². The van der Waals surface area contributed by atoms with Crippen molar-refractivity contribution in [3.63, 3.8) is 0 Å². The highest BCUT2D eigenvalue weighted by molar-refractivity contribution is 7.99. The summed E-state index contributed by atoms with van der Waals surface area (Å²) in [5.41, 5.74) is 0. The first-order valence-electron chi connectivity index (χ1n) is 5.70. The molecule has 6 nitrogen and oxygen atoms in total. The van der Waals surface area contributed by atoms with Crippen LogP contribution in [0, 0.1) is 0 Å². The first-order chi connectivity index (χ1) is 9.04. The number of Topliss-reactive ketones (excluding diaryl/α,β-unsaturated/α-hetero) is 1. The minimum Gasteiger partial charge on any atom is -0.481 e. The van der Waals surface area contributed by atoms with Crippen molar-refractivity contribution in [1.29, 1.82) is 0 Å². The van der Waals surface area contributed by atoms with E-state index in [0.717, 1.165) is 11.8 Å². The second-order valence-electron chi connectivity index (χ2n) is 4.04. The average molecular weight is 302 g/mol. The van der Waals surface area contributed by atoms with Crippen molar-refractivity contribution in [2.24, 2.45) is 0 Å². The molecular weight excluding hydrogens is 290 g/mol. The molecule has 1 aromatic rings. The first kappa shape index (κ1) is 14.1. The predicted molar refractivity (Wildman–Crippen MR) is 71.9 cm³/mol. The Balaban J connectivity index is 2.11. The summed E-state index contributed by atoms with van der Waals surface area (Å²) in [6, 6.07) is 1.63. The highest BCUT2D eigenvalue weighted by Gasteiger charge is 2.18. The Hall–Kier alpha value is -1.34. The van der Waals surface area contributed by atoms with Gasteiger partial charge in [-0.05, 0) is 0 Å². The molecule has 0 atom stereocenters. The number of aromatic nitrogens is 2. The molecule has 0 aliphatic carbocycles. The zero-order valence-corrected chi connectivity index (χ0v) is 11.6. The zero-order chi connectivity index (χ0) is 13.8. The van der Waals surface area contributed by atoms with Gasteiger partial charge in [0.2, 0.25) is 0 Å². The molecule has 0 bridgehead atoms. The van der Waals surface area contributed by atoms with Crippen LogP contribution >= 0.6 is 23.4 Å². The van der Waals surface area contributed by atoms with E-state index in [-0.39, 0.29) is 16.7 Å². The van der Waals surface area contributed by atoms with Gasteiger partial charge in [0.1, 0.15) is 16.8 Å². The number of anilines is 1. The summed E-state index contributed by atoms with van der Waals surface area (Å²) in [7, 11) is 0. The number of piperidine rings is 1. The minimum absolute atomic E-state index is 0.113. The molecule has 2 heterocycles. The van der Waals surface area contributed by atoms with Gasteiger partial charge in [0.05, 0.1) is 5.75 Å². The predicted octanol–water partition coefficient (Wildman–Crippen LogP) is 1.48. The lowest BCUT2D eigenvalue weighted by Gasteiger charge is -2.27. The average Bonchev–Trinajstić information content (AvgIpc) is 2.36. The Bertz CT molecular complexity index is 502. The van der Waals surface area contributed by atoms with Crippen LogP contribution < -0.4 is 4.90 Å². The fourth-order valence-corrected chi connectivity index (χ4v) is 2.52. The highest BCUT2D eigenvalue weighted by atomic mass is 35.5. The number of hydrogen-bond acceptors (Lipinski definition) is 6. The van der Waals surface area contributed by atoms with Gasteiger partial charge in [-0.2, -0.15) is 0 Å². The molecule has 1 aliphatic rings. The third-order valence-corrected chi connectivity index (χ3v) is 3.66. The van der Waals surface area contributed by atoms with E-state index in [1.807, 2.05) is 4.90 Å². The standard InChI is InChI=1S/C11H12ClN3O3S/c12-8-5-9(15-3-1-7(16)2-4-15)14-11(13-8)19-6-10(17)18/h5H,1-4,6H2,(H,17,18). The van der Waals surface area contributed by atoms with Crippen LogP contribution in [-0.2, 0) is 9.59 Å². The third-order valence-electron chi connectivity index (χ3n) is 2.63. The lowest BCUT2D eigenvalue weighted by molar-refractivity contribution is -0.133. The zero-order valence-electron chi connectivity index (χ0n) is 10.0. The lowest BCUT2D eigenvalue weighted by atomic mass is 10.1. The molecule has 2 rings (SSSR count). The van der Waals surface area contributed by atoms with Crippen molar-refractivity contribution in [2.45, 2.75) is 18.0 Å². The maximum atomic E-state index is 11.2. The molecule has 1 aliphatic heterocycles. The van der Waals surface area contributed by atoms with Gasteiger partial charge in [0.15, 0.2) is 5.16 Å². The summed E-state index contributed by atoms with van der Waals surface area (Å²) >= 11 is 6.93. The Morgan fingerprint density at radius 2 is 2.11 bits per heavy atom. The minimum atomic E-state index is -0.932. The van der Waals surface area contributed by atoms with Crippen molar-refractivity contribution >= 4 is 40.9 Å². The lowest BCUT2D eigenvalue weighted by Crippen LogP contribution is -2.34. The van der Waals surface area contributed by atoms with E-state index in [1.165, 1.54) is 0 Å². The van der Waals surface area contributed by atoms with E-state index in [2.05, 4.69) is 9.97 Å². The summed E-state index contributed by atoms with van der Waals surface area (Å²) in [6.07, 6.45) is 0.998. The van der Waals surface area contributed by atoms with Crippen molar-refractivity contribution in [2.75, 3.05) is 23.7 Å². The van der Waals surface area contributed by atoms with Gasteiger partial charge in [-0.25, -0.2) is 9.97 Å². The molecule has 0 amide bonds. The normalized spacial score (nSPS) is 15.6. The number of carbonyl (C=O) groups excluding carboxylic acids is 1. The summed E-state index contributed by atoms with van der Waals surface area (Å²) in [6.45, 7) is 1.21. The third kappa shape index (κ3) is 4.07. The van der Waals surface area contributed by atoms with Crippen molar-refractivity contribution in [1.82, 2.24) is 9.97 Å². The largest absolute Gasteiger partial charge is 0.481 e. The molecule has 1 aromatic heterocycles. The van der Waals surface area contributed by atoms with Crippen LogP contribution in [0.5, 0.6) is 0 Å². The molecule has 1 N–H and O–H groups in total. The van der Waals surface area contributed by atoms with Crippen LogP contribution in [0.1, 0.15) is 12.8 Å². The Labute approximate surface area is 119 Å². The molecule has 0 radical (unpaired) electrons. The fourth-order valence-electron chi connectivity index (χ4n) is 1.72. The monoisotopic (exact) mass is 301 g/mol. The highest BCUT2D eigenvalue weighted by Crippen LogP contribution is 2.23. The van der Waals surface area contributed by atoms with Crippen LogP contribution in [0.25, 0.3) is 0 Å². The molecule has 0 unspecified atom stereocenters. The molecule has 8 heteroatoms. The summed E-state index contributed by atoms with van der Waals surface area (Å²) in [4.78, 5) is 31.9. The number of aliphatic carboxylic acids is 1. The molecule has 19 heavy (non-hydrogen) atoms. The Morgan fingerprint density at radius 3 is 2.74 bits per heavy atom. The number of rotatable bonds is 4. The second-order valence-corrected chi connectivity index (χ2v) is 5.37. The number of hydrogen-bond donors (Lipinski definition) is 1. The van der Waals surface area contributed by atoms with Crippen molar-refractivity contribution < 1.29 is 14.7 Å². The second kappa shape index (κ2) is 6.21. The van der Waals surface area contributed by atoms with Gasteiger partial charge >= 0.3 is 5.97 Å². The van der Waals surface area contributed by atoms with E-state index < -0.39 is 5.97 Å². The molecule has 0 saturated carbocycles. The van der Waals surface area contributed by atoms with Gasteiger partial charge in [-0.1, -0.05) is 23.4 Å². The SMILES string of the molecule is O=C(O)CSc1nc(Cl)cc(N2CCC(=O)CC2)n1. The number of halogens is 1. The molecular formula is C11H12ClN3O3S. The van der Waals surface area contributed by atoms with Gasteiger partial charge in [-0.15, -0.1) is 0 Å². The molecule has 0 aromatic carbocycles. The van der Waals surface area contributed by atoms with Crippen LogP contribution in [0.3, 0.4) is 0 Å². The quantitative estimate of drug-likeness (QED) is 0.512. The van der Waals surface area contributed by atoms with E-state index in [4.69, 9.17) is 16.7 Å². The van der Waals surface area contributed by atoms with Crippen LogP contribution in [0.4, 0.5) is 5.82 Å². The van der Waals surface area contributed by atoms with Crippen LogP contribution in [-0.4, -0.2) is 45.7 Å². The number of carboxylic acids is 1. The first-order valence-corrected chi connectivity index (χ1v) is 7.07. The Morgan fingerprint density at radius 1 is 1.42 bits per heavy atom. The number of thioether (sulfide) groups is 1. The van der Waals surface area contributed by atoms with E-state index in [1.54, 1.807) is 6.07 Å². The summed E-state index contributed by atoms with van der Waals surface area (Å²) < 4.78 is 0. The molecule has 1 saturated heterocycles. The topological polar surface area (TPSA) is 83.4 Å². The van der Waals surface area contributed by atoms with Gasteiger partial charge in [-0.3, -0.25) is 9.59 Å². The molecule has 0 spiro atoms. The van der Waals surface area contributed by atoms with Crippen LogP contribution in [0.2, 0.25) is 5.15 Å². The summed E-state index contributed by atoms with van der Waals surface area (Å²) in [5, 5.41) is 9.24. The molecule has 102 valence electrons. The van der Waals surface area contributed by atoms with Crippen molar-refractivity contribution in [3.8, 4) is 0 Å². The number of nitrogens with zero attached hydrogens (tertiary/aromatic N) is 3. The summed E-state index contributed by atoms with van der Waals surface area (Å²) in [5.74, 6) is -0.158. The van der Waals surface area contributed by atoms with E-state index >= 15 is 0 Å². The number of carboxylic acid groups (broad SMARTS) is 1. The smallest absolute Gasteiger partial charge is 0.313 e. The maximum Gasteiger partial charge on any atom is 0.313 e. The molecule has 1 fully saturated rings. The van der Waals surface area contributed by atoms with E-state index in [0.29, 0.717) is 36.9 Å². The number of ketones is 1. The van der Waals surface area contributed by atoms with Gasteiger partial charge < -0.3 is 10.0 Å². The fraction of sp³-hybridized carbons (Fsp3) is 0.455. The Kier molecular flexibility index (Phi) is 4.60. The van der Waals surface area contributed by atoms with Gasteiger partial charge in [0.25, 0.3) is 0 Å². The number of carbonyl (C=O) groups is 2. The van der Waals surface area contributed by atoms with Crippen LogP contribution in [0.15, 0.2) is 11.2 Å². The maximum absolute atomic E-state index is 11.2.